The third-order valence-corrected chi connectivity index (χ3v) is 5.12. The number of benzene rings is 1. The number of hydrogen-bond donors (Lipinski definition) is 1. The molecule has 0 radical (unpaired) electrons. The minimum Gasteiger partial charge on any atom is -0.383 e. The van der Waals surface area contributed by atoms with Gasteiger partial charge in [-0.2, -0.15) is 5.10 Å². The zero-order valence-corrected chi connectivity index (χ0v) is 14.1. The molecule has 0 unspecified atom stereocenters. The zero-order chi connectivity index (χ0) is 16.8. The van der Waals surface area contributed by atoms with Gasteiger partial charge in [0.25, 0.3) is 0 Å². The molecule has 1 aromatic carbocycles. The number of nitrogen functional groups attached to an aromatic ring is 1. The molecule has 0 aliphatic heterocycles. The van der Waals surface area contributed by atoms with Crippen LogP contribution in [0, 0.1) is 12.7 Å². The van der Waals surface area contributed by atoms with Gasteiger partial charge < -0.3 is 5.73 Å². The van der Waals surface area contributed by atoms with Crippen LogP contribution in [0.2, 0.25) is 0 Å². The summed E-state index contributed by atoms with van der Waals surface area (Å²) in [6, 6.07) is 5.11. The Balaban J connectivity index is 1.97. The molecule has 0 aliphatic carbocycles. The second-order valence-corrected chi connectivity index (χ2v) is 6.66. The maximum Gasteiger partial charge on any atom is 0.132 e. The van der Waals surface area contributed by atoms with E-state index in [1.807, 2.05) is 25.5 Å². The molecular weight excluding hydrogens is 323 g/mol. The van der Waals surface area contributed by atoms with Gasteiger partial charge in [-0.25, -0.2) is 9.37 Å². The van der Waals surface area contributed by atoms with Gasteiger partial charge in [0.05, 0.1) is 6.20 Å². The van der Waals surface area contributed by atoms with Crippen LogP contribution in [0.25, 0.3) is 32.3 Å². The van der Waals surface area contributed by atoms with Crippen LogP contribution in [0.1, 0.15) is 5.56 Å². The highest BCUT2D eigenvalue weighted by Crippen LogP contribution is 2.41. The Morgan fingerprint density at radius 1 is 1.17 bits per heavy atom. The number of aryl methyl sites for hydroxylation is 2. The van der Waals surface area contributed by atoms with Crippen molar-refractivity contribution >= 4 is 27.2 Å². The Hall–Kier alpha value is -2.73. The van der Waals surface area contributed by atoms with E-state index in [9.17, 15) is 4.39 Å². The summed E-state index contributed by atoms with van der Waals surface area (Å²) in [7, 11) is 1.88. The second kappa shape index (κ2) is 5.42. The number of thiophene rings is 1. The van der Waals surface area contributed by atoms with Crippen molar-refractivity contribution < 1.29 is 4.39 Å². The first kappa shape index (κ1) is 14.8. The minimum atomic E-state index is -0.208. The average molecular weight is 338 g/mol. The normalized spacial score (nSPS) is 11.3. The lowest BCUT2D eigenvalue weighted by Crippen LogP contribution is -1.93. The molecule has 4 rings (SSSR count). The van der Waals surface area contributed by atoms with E-state index in [-0.39, 0.29) is 5.82 Å². The Kier molecular flexibility index (Phi) is 3.35. The van der Waals surface area contributed by atoms with Crippen molar-refractivity contribution in [1.29, 1.82) is 0 Å². The van der Waals surface area contributed by atoms with Crippen LogP contribution in [0.4, 0.5) is 10.2 Å². The van der Waals surface area contributed by atoms with Crippen LogP contribution in [-0.2, 0) is 7.05 Å². The molecule has 6 heteroatoms. The summed E-state index contributed by atoms with van der Waals surface area (Å²) in [6.07, 6.45) is 5.55. The predicted molar refractivity (Wildman–Crippen MR) is 96.4 cm³/mol. The van der Waals surface area contributed by atoms with Gasteiger partial charge in [-0.15, -0.1) is 11.3 Å². The number of fused-ring (bicyclic) bond motifs is 1. The average Bonchev–Trinajstić information content (AvgIpc) is 3.18. The molecule has 0 fully saturated rings. The quantitative estimate of drug-likeness (QED) is 0.589. The Morgan fingerprint density at radius 2 is 2.00 bits per heavy atom. The van der Waals surface area contributed by atoms with Gasteiger partial charge in [0.15, 0.2) is 0 Å². The molecule has 120 valence electrons. The highest BCUT2D eigenvalue weighted by atomic mass is 32.1. The van der Waals surface area contributed by atoms with Crippen molar-refractivity contribution in [2.75, 3.05) is 5.73 Å². The van der Waals surface area contributed by atoms with Crippen LogP contribution < -0.4 is 5.73 Å². The van der Waals surface area contributed by atoms with Crippen LogP contribution >= 0.6 is 11.3 Å². The second-order valence-electron chi connectivity index (χ2n) is 5.78. The van der Waals surface area contributed by atoms with Crippen LogP contribution in [0.3, 0.4) is 0 Å². The molecule has 0 amide bonds. The summed E-state index contributed by atoms with van der Waals surface area (Å²) < 4.78 is 16.4. The van der Waals surface area contributed by atoms with E-state index in [4.69, 9.17) is 5.73 Å². The molecule has 0 spiro atoms. The lowest BCUT2D eigenvalue weighted by molar-refractivity contribution is 0.619. The van der Waals surface area contributed by atoms with Crippen molar-refractivity contribution in [2.24, 2.45) is 7.05 Å². The molecule has 0 saturated carbocycles. The smallest absolute Gasteiger partial charge is 0.132 e. The first-order valence-corrected chi connectivity index (χ1v) is 8.34. The molecule has 3 heterocycles. The SMILES string of the molecule is Cc1cc(-c2csc3c(-c4cnn(C)c4)cnc(N)c23)ccc1F. The molecule has 0 bridgehead atoms. The number of anilines is 1. The Labute approximate surface area is 142 Å². The third-order valence-electron chi connectivity index (χ3n) is 4.11. The standard InChI is InChI=1S/C18H15FN4S/c1-10-5-11(3-4-15(10)19)14-9-24-17-13(7-21-18(20)16(14)17)12-6-22-23(2)8-12/h3-9H,1-2H3,(H2,20,21). The number of nitrogens with zero attached hydrogens (tertiary/aromatic N) is 3. The van der Waals surface area contributed by atoms with Crippen LogP contribution in [0.15, 0.2) is 42.2 Å². The van der Waals surface area contributed by atoms with Crippen molar-refractivity contribution in [3.8, 4) is 22.3 Å². The number of rotatable bonds is 2. The van der Waals surface area contributed by atoms with E-state index in [2.05, 4.69) is 15.5 Å². The maximum absolute atomic E-state index is 13.6. The highest BCUT2D eigenvalue weighted by Gasteiger charge is 2.16. The van der Waals surface area contributed by atoms with E-state index in [1.54, 1.807) is 35.2 Å². The molecule has 2 N–H and O–H groups in total. The minimum absolute atomic E-state index is 0.208. The van der Waals surface area contributed by atoms with Gasteiger partial charge >= 0.3 is 0 Å². The van der Waals surface area contributed by atoms with Crippen molar-refractivity contribution in [2.45, 2.75) is 6.92 Å². The first-order valence-electron chi connectivity index (χ1n) is 7.46. The first-order chi connectivity index (χ1) is 11.5. The third kappa shape index (κ3) is 2.27. The van der Waals surface area contributed by atoms with E-state index < -0.39 is 0 Å². The maximum atomic E-state index is 13.6. The molecule has 24 heavy (non-hydrogen) atoms. The van der Waals surface area contributed by atoms with E-state index >= 15 is 0 Å². The molecule has 0 atom stereocenters. The predicted octanol–water partition coefficient (Wildman–Crippen LogP) is 4.39. The summed E-state index contributed by atoms with van der Waals surface area (Å²) in [4.78, 5) is 4.36. The summed E-state index contributed by atoms with van der Waals surface area (Å²) in [5, 5.41) is 7.19. The van der Waals surface area contributed by atoms with Crippen molar-refractivity contribution in [1.82, 2.24) is 14.8 Å². The molecule has 3 aromatic heterocycles. The number of hydrogen-bond acceptors (Lipinski definition) is 4. The largest absolute Gasteiger partial charge is 0.383 e. The number of nitrogens with two attached hydrogens (primary N) is 1. The fraction of sp³-hybridized carbons (Fsp3) is 0.111. The van der Waals surface area contributed by atoms with Gasteiger partial charge in [0.1, 0.15) is 11.6 Å². The lowest BCUT2D eigenvalue weighted by Gasteiger charge is -2.06. The van der Waals surface area contributed by atoms with Crippen molar-refractivity contribution in [3.05, 3.63) is 53.6 Å². The lowest BCUT2D eigenvalue weighted by atomic mass is 10.0. The fourth-order valence-corrected chi connectivity index (χ4v) is 3.98. The van der Waals surface area contributed by atoms with Gasteiger partial charge in [-0.3, -0.25) is 4.68 Å². The van der Waals surface area contributed by atoms with Crippen LogP contribution in [-0.4, -0.2) is 14.8 Å². The van der Waals surface area contributed by atoms with Gasteiger partial charge in [-0.1, -0.05) is 6.07 Å². The van der Waals surface area contributed by atoms with E-state index in [1.165, 1.54) is 6.07 Å². The summed E-state index contributed by atoms with van der Waals surface area (Å²) >= 11 is 1.61. The Bertz CT molecular complexity index is 1060. The van der Waals surface area contributed by atoms with Crippen molar-refractivity contribution in [3.63, 3.8) is 0 Å². The van der Waals surface area contributed by atoms with E-state index in [0.717, 1.165) is 32.3 Å². The highest BCUT2D eigenvalue weighted by molar-refractivity contribution is 7.18. The topological polar surface area (TPSA) is 56.7 Å². The molecule has 4 aromatic rings. The van der Waals surface area contributed by atoms with E-state index in [0.29, 0.717) is 11.4 Å². The monoisotopic (exact) mass is 338 g/mol. The summed E-state index contributed by atoms with van der Waals surface area (Å²) in [5.41, 5.74) is 10.7. The summed E-state index contributed by atoms with van der Waals surface area (Å²) in [6.45, 7) is 1.76. The fourth-order valence-electron chi connectivity index (χ4n) is 2.86. The Morgan fingerprint density at radius 3 is 2.71 bits per heavy atom. The molecule has 0 aliphatic rings. The summed E-state index contributed by atoms with van der Waals surface area (Å²) in [5.74, 6) is 0.274. The molecule has 4 nitrogen and oxygen atoms in total. The number of halogens is 1. The van der Waals surface area contributed by atoms with Gasteiger partial charge in [0.2, 0.25) is 0 Å². The van der Waals surface area contributed by atoms with Gasteiger partial charge in [-0.05, 0) is 35.6 Å². The number of pyridine rings is 1. The molecular formula is C18H15FN4S. The van der Waals surface area contributed by atoms with Gasteiger partial charge in [0, 0.05) is 46.2 Å². The molecule has 0 saturated heterocycles. The zero-order valence-electron chi connectivity index (χ0n) is 13.2. The van der Waals surface area contributed by atoms with Crippen LogP contribution in [0.5, 0.6) is 0 Å². The number of aromatic nitrogens is 3.